The summed E-state index contributed by atoms with van der Waals surface area (Å²) in [5.74, 6) is -1.59. The van der Waals surface area contributed by atoms with E-state index in [-0.39, 0.29) is 6.61 Å². The lowest BCUT2D eigenvalue weighted by Crippen LogP contribution is -2.48. The average Bonchev–Trinajstić information content (AvgIpc) is 2.88. The predicted octanol–water partition coefficient (Wildman–Crippen LogP) is 0.956. The van der Waals surface area contributed by atoms with E-state index in [2.05, 4.69) is 6.58 Å². The molecule has 0 bridgehead atoms. The Hall–Kier alpha value is -0.500. The van der Waals surface area contributed by atoms with Gasteiger partial charge in [-0.05, 0) is 34.1 Å². The molecule has 122 valence electrons. The molecule has 2 N–H and O–H groups in total. The van der Waals surface area contributed by atoms with Gasteiger partial charge in [0.1, 0.15) is 24.4 Å². The third-order valence-corrected chi connectivity index (χ3v) is 3.70. The standard InChI is InChI=1S/C15H26O6/c1-6-7-9(16)12-13(21-15(4,5)20-12)11(17)10-8-18-14(2,3)19-10/h6,9-13,16-17H,1,7-8H2,2-5H3/t9-,10+,11+,12+,13-/m0/s1. The summed E-state index contributed by atoms with van der Waals surface area (Å²) in [5, 5.41) is 20.7. The fourth-order valence-corrected chi connectivity index (χ4v) is 2.78. The molecule has 0 aliphatic carbocycles. The Balaban J connectivity index is 2.09. The van der Waals surface area contributed by atoms with Crippen LogP contribution in [-0.4, -0.2) is 58.9 Å². The van der Waals surface area contributed by atoms with Gasteiger partial charge in [-0.15, -0.1) is 6.58 Å². The van der Waals surface area contributed by atoms with E-state index in [1.54, 1.807) is 33.8 Å². The van der Waals surface area contributed by atoms with E-state index in [1.807, 2.05) is 0 Å². The second-order valence-electron chi connectivity index (χ2n) is 6.51. The van der Waals surface area contributed by atoms with Crippen molar-refractivity contribution in [1.82, 2.24) is 0 Å². The van der Waals surface area contributed by atoms with Crippen LogP contribution in [0.5, 0.6) is 0 Å². The summed E-state index contributed by atoms with van der Waals surface area (Å²) in [6.45, 7) is 11.0. The van der Waals surface area contributed by atoms with Gasteiger partial charge in [0.05, 0.1) is 12.7 Å². The van der Waals surface area contributed by atoms with Gasteiger partial charge in [-0.2, -0.15) is 0 Å². The fourth-order valence-electron chi connectivity index (χ4n) is 2.78. The Morgan fingerprint density at radius 2 is 1.71 bits per heavy atom. The highest BCUT2D eigenvalue weighted by Gasteiger charge is 2.51. The lowest BCUT2D eigenvalue weighted by atomic mass is 9.98. The molecule has 2 saturated heterocycles. The second kappa shape index (κ2) is 5.95. The van der Waals surface area contributed by atoms with Crippen LogP contribution in [0.3, 0.4) is 0 Å². The van der Waals surface area contributed by atoms with Crippen LogP contribution < -0.4 is 0 Å². The first kappa shape index (κ1) is 16.9. The summed E-state index contributed by atoms with van der Waals surface area (Å²) in [6.07, 6.45) is -1.60. The van der Waals surface area contributed by atoms with Crippen LogP contribution in [0.4, 0.5) is 0 Å². The van der Waals surface area contributed by atoms with Crippen LogP contribution in [0.2, 0.25) is 0 Å². The molecule has 5 atom stereocenters. The summed E-state index contributed by atoms with van der Waals surface area (Å²) < 4.78 is 22.6. The fraction of sp³-hybridized carbons (Fsp3) is 0.867. The average molecular weight is 302 g/mol. The molecule has 0 radical (unpaired) electrons. The highest BCUT2D eigenvalue weighted by Crippen LogP contribution is 2.35. The van der Waals surface area contributed by atoms with Crippen molar-refractivity contribution in [3.63, 3.8) is 0 Å². The summed E-state index contributed by atoms with van der Waals surface area (Å²) in [4.78, 5) is 0. The monoisotopic (exact) mass is 302 g/mol. The molecular weight excluding hydrogens is 276 g/mol. The van der Waals surface area contributed by atoms with Gasteiger partial charge in [0.2, 0.25) is 0 Å². The molecule has 21 heavy (non-hydrogen) atoms. The zero-order chi connectivity index (χ0) is 15.8. The second-order valence-corrected chi connectivity index (χ2v) is 6.51. The van der Waals surface area contributed by atoms with E-state index >= 15 is 0 Å². The van der Waals surface area contributed by atoms with E-state index < -0.39 is 42.1 Å². The van der Waals surface area contributed by atoms with Crippen molar-refractivity contribution in [3.8, 4) is 0 Å². The Morgan fingerprint density at radius 1 is 1.10 bits per heavy atom. The number of hydrogen-bond donors (Lipinski definition) is 2. The third kappa shape index (κ3) is 3.83. The van der Waals surface area contributed by atoms with Gasteiger partial charge in [0, 0.05) is 0 Å². The van der Waals surface area contributed by atoms with Gasteiger partial charge in [-0.3, -0.25) is 0 Å². The molecule has 0 aromatic heterocycles. The van der Waals surface area contributed by atoms with Crippen molar-refractivity contribution in [2.24, 2.45) is 0 Å². The van der Waals surface area contributed by atoms with Crippen LogP contribution in [0.25, 0.3) is 0 Å². The van der Waals surface area contributed by atoms with Crippen LogP contribution in [0.15, 0.2) is 12.7 Å². The lowest BCUT2D eigenvalue weighted by Gasteiger charge is -2.28. The molecule has 0 saturated carbocycles. The molecule has 2 rings (SSSR count). The van der Waals surface area contributed by atoms with Crippen molar-refractivity contribution in [2.75, 3.05) is 6.61 Å². The molecule has 2 aliphatic heterocycles. The zero-order valence-corrected chi connectivity index (χ0v) is 13.1. The summed E-state index contributed by atoms with van der Waals surface area (Å²) in [7, 11) is 0. The molecule has 0 unspecified atom stereocenters. The first-order valence-electron chi connectivity index (χ1n) is 7.30. The minimum Gasteiger partial charge on any atom is -0.390 e. The van der Waals surface area contributed by atoms with Crippen molar-refractivity contribution in [1.29, 1.82) is 0 Å². The van der Waals surface area contributed by atoms with Crippen LogP contribution in [-0.2, 0) is 18.9 Å². The Bertz CT molecular complexity index is 380. The number of aliphatic hydroxyl groups is 2. The Kier molecular flexibility index (Phi) is 4.78. The highest BCUT2D eigenvalue weighted by atomic mass is 16.8. The Morgan fingerprint density at radius 3 is 2.24 bits per heavy atom. The van der Waals surface area contributed by atoms with Crippen LogP contribution >= 0.6 is 0 Å². The molecule has 2 fully saturated rings. The quantitative estimate of drug-likeness (QED) is 0.737. The molecule has 0 aromatic carbocycles. The van der Waals surface area contributed by atoms with Gasteiger partial charge in [0.25, 0.3) is 0 Å². The number of rotatable bonds is 5. The van der Waals surface area contributed by atoms with Gasteiger partial charge in [-0.25, -0.2) is 0 Å². The molecule has 0 spiro atoms. The van der Waals surface area contributed by atoms with Crippen molar-refractivity contribution < 1.29 is 29.2 Å². The van der Waals surface area contributed by atoms with E-state index in [9.17, 15) is 10.2 Å². The lowest BCUT2D eigenvalue weighted by molar-refractivity contribution is -0.179. The summed E-state index contributed by atoms with van der Waals surface area (Å²) >= 11 is 0. The van der Waals surface area contributed by atoms with Crippen molar-refractivity contribution in [2.45, 2.75) is 76.2 Å². The van der Waals surface area contributed by atoms with E-state index in [0.717, 1.165) is 0 Å². The zero-order valence-electron chi connectivity index (χ0n) is 13.1. The maximum absolute atomic E-state index is 10.6. The molecule has 0 aromatic rings. The summed E-state index contributed by atoms with van der Waals surface area (Å²) in [6, 6.07) is 0. The van der Waals surface area contributed by atoms with E-state index in [4.69, 9.17) is 18.9 Å². The first-order valence-corrected chi connectivity index (χ1v) is 7.30. The summed E-state index contributed by atoms with van der Waals surface area (Å²) in [5.41, 5.74) is 0. The molecule has 6 heteroatoms. The molecular formula is C15H26O6. The molecule has 2 heterocycles. The minimum atomic E-state index is -0.946. The molecule has 6 nitrogen and oxygen atoms in total. The smallest absolute Gasteiger partial charge is 0.164 e. The van der Waals surface area contributed by atoms with Gasteiger partial charge >= 0.3 is 0 Å². The normalized spacial score (nSPS) is 37.3. The van der Waals surface area contributed by atoms with Crippen molar-refractivity contribution >= 4 is 0 Å². The van der Waals surface area contributed by atoms with Gasteiger partial charge < -0.3 is 29.2 Å². The topological polar surface area (TPSA) is 77.4 Å². The number of hydrogen-bond acceptors (Lipinski definition) is 6. The van der Waals surface area contributed by atoms with Gasteiger partial charge in [-0.1, -0.05) is 6.08 Å². The predicted molar refractivity (Wildman–Crippen MR) is 75.6 cm³/mol. The number of aliphatic hydroxyl groups excluding tert-OH is 2. The third-order valence-electron chi connectivity index (χ3n) is 3.70. The maximum atomic E-state index is 10.6. The molecule has 2 aliphatic rings. The minimum absolute atomic E-state index is 0.277. The van der Waals surface area contributed by atoms with E-state index in [1.165, 1.54) is 0 Å². The first-order chi connectivity index (χ1) is 9.65. The highest BCUT2D eigenvalue weighted by molar-refractivity contribution is 4.96. The van der Waals surface area contributed by atoms with Crippen LogP contribution in [0, 0.1) is 0 Å². The number of ether oxygens (including phenoxy) is 4. The van der Waals surface area contributed by atoms with Gasteiger partial charge in [0.15, 0.2) is 11.6 Å². The molecule has 0 amide bonds. The SMILES string of the molecule is C=CC[C@H](O)[C@H]1OC(C)(C)O[C@H]1[C@H](O)[C@H]1COC(C)(C)O1. The van der Waals surface area contributed by atoms with Crippen LogP contribution in [0.1, 0.15) is 34.1 Å². The Labute approximate surface area is 125 Å². The largest absolute Gasteiger partial charge is 0.390 e. The van der Waals surface area contributed by atoms with Crippen molar-refractivity contribution in [3.05, 3.63) is 12.7 Å². The van der Waals surface area contributed by atoms with E-state index in [0.29, 0.717) is 6.42 Å². The maximum Gasteiger partial charge on any atom is 0.164 e.